The molecule has 3 rings (SSSR count). The van der Waals surface area contributed by atoms with Gasteiger partial charge in [0.2, 0.25) is 0 Å². The van der Waals surface area contributed by atoms with Crippen molar-refractivity contribution in [3.63, 3.8) is 0 Å². The van der Waals surface area contributed by atoms with Crippen LogP contribution in [0.25, 0.3) is 0 Å². The van der Waals surface area contributed by atoms with E-state index in [1.54, 1.807) is 11.0 Å². The number of hydrogen-bond donors (Lipinski definition) is 0. The highest BCUT2D eigenvalue weighted by Crippen LogP contribution is 2.31. The van der Waals surface area contributed by atoms with E-state index in [1.165, 1.54) is 35.9 Å². The summed E-state index contributed by atoms with van der Waals surface area (Å²) in [6.07, 6.45) is -2.67. The van der Waals surface area contributed by atoms with Crippen LogP contribution < -0.4 is 5.56 Å². The lowest BCUT2D eigenvalue weighted by Gasteiger charge is -2.23. The first-order valence-corrected chi connectivity index (χ1v) is 7.90. The smallest absolute Gasteiger partial charge is 0.330 e. The van der Waals surface area contributed by atoms with Crippen LogP contribution in [0.5, 0.6) is 0 Å². The molecule has 1 aliphatic rings. The van der Waals surface area contributed by atoms with Gasteiger partial charge >= 0.3 is 6.18 Å². The van der Waals surface area contributed by atoms with E-state index in [4.69, 9.17) is 0 Å². The normalized spacial score (nSPS) is 14.4. The number of carbonyl (C=O) groups is 1. The molecule has 1 saturated carbocycles. The Morgan fingerprint density at radius 1 is 1.16 bits per heavy atom. The second kappa shape index (κ2) is 6.38. The molecular weight excluding hydrogens is 333 g/mol. The van der Waals surface area contributed by atoms with E-state index in [0.717, 1.165) is 25.0 Å². The zero-order valence-corrected chi connectivity index (χ0v) is 13.6. The van der Waals surface area contributed by atoms with Gasteiger partial charge in [0.15, 0.2) is 0 Å². The monoisotopic (exact) mass is 350 g/mol. The van der Waals surface area contributed by atoms with E-state index in [1.807, 2.05) is 0 Å². The fraction of sp³-hybridized carbons (Fsp3) is 0.333. The Morgan fingerprint density at radius 3 is 2.36 bits per heavy atom. The molecule has 1 amide bonds. The maximum Gasteiger partial charge on any atom is 0.416 e. The van der Waals surface area contributed by atoms with Crippen LogP contribution >= 0.6 is 0 Å². The molecule has 2 aromatic rings. The largest absolute Gasteiger partial charge is 0.416 e. The predicted molar refractivity (Wildman–Crippen MR) is 86.0 cm³/mol. The predicted octanol–water partition coefficient (Wildman–Crippen LogP) is 3.21. The third kappa shape index (κ3) is 3.75. The minimum atomic E-state index is -4.38. The molecule has 0 radical (unpaired) electrons. The van der Waals surface area contributed by atoms with Crippen molar-refractivity contribution in [1.29, 1.82) is 0 Å². The van der Waals surface area contributed by atoms with Crippen molar-refractivity contribution in [2.45, 2.75) is 31.6 Å². The summed E-state index contributed by atoms with van der Waals surface area (Å²) in [4.78, 5) is 26.2. The van der Waals surface area contributed by atoms with Gasteiger partial charge in [-0.05, 0) is 36.6 Å². The van der Waals surface area contributed by atoms with E-state index in [-0.39, 0.29) is 29.7 Å². The van der Waals surface area contributed by atoms with Crippen LogP contribution in [0.15, 0.2) is 47.3 Å². The molecule has 0 spiro atoms. The minimum absolute atomic E-state index is 0.0603. The number of alkyl halides is 3. The minimum Gasteiger partial charge on any atom is -0.330 e. The molecule has 0 N–H and O–H groups in total. The van der Waals surface area contributed by atoms with Crippen molar-refractivity contribution >= 4 is 5.91 Å². The van der Waals surface area contributed by atoms with Crippen molar-refractivity contribution in [2.24, 2.45) is 7.05 Å². The van der Waals surface area contributed by atoms with Crippen molar-refractivity contribution < 1.29 is 18.0 Å². The molecule has 0 atom stereocenters. The second-order valence-electron chi connectivity index (χ2n) is 6.17. The van der Waals surface area contributed by atoms with Gasteiger partial charge in [-0.2, -0.15) is 13.2 Å². The molecule has 0 aliphatic heterocycles. The summed E-state index contributed by atoms with van der Waals surface area (Å²) in [5.41, 5.74) is -0.109. The number of carbonyl (C=O) groups excluding carboxylic acids is 1. The molecule has 1 heterocycles. The first-order chi connectivity index (χ1) is 11.8. The molecule has 132 valence electrons. The number of halogens is 3. The third-order valence-electron chi connectivity index (χ3n) is 4.29. The molecule has 0 saturated heterocycles. The van der Waals surface area contributed by atoms with Crippen LogP contribution in [0.1, 0.15) is 34.5 Å². The highest BCUT2D eigenvalue weighted by atomic mass is 19.4. The Kier molecular flexibility index (Phi) is 4.41. The Bertz CT molecular complexity index is 837. The zero-order valence-electron chi connectivity index (χ0n) is 13.6. The molecule has 0 unspecified atom stereocenters. The number of benzene rings is 1. The van der Waals surface area contributed by atoms with Crippen LogP contribution in [0, 0.1) is 0 Å². The quantitative estimate of drug-likeness (QED) is 0.850. The molecule has 4 nitrogen and oxygen atoms in total. The fourth-order valence-electron chi connectivity index (χ4n) is 2.67. The second-order valence-corrected chi connectivity index (χ2v) is 6.17. The number of nitrogens with zero attached hydrogens (tertiary/aromatic N) is 2. The maximum atomic E-state index is 12.8. The lowest BCUT2D eigenvalue weighted by atomic mass is 10.1. The molecule has 1 aromatic heterocycles. The van der Waals surface area contributed by atoms with Crippen LogP contribution in [0.4, 0.5) is 13.2 Å². The van der Waals surface area contributed by atoms with Gasteiger partial charge in [0.25, 0.3) is 11.5 Å². The van der Waals surface area contributed by atoms with E-state index in [0.29, 0.717) is 5.56 Å². The van der Waals surface area contributed by atoms with Gasteiger partial charge in [0.1, 0.15) is 5.69 Å². The van der Waals surface area contributed by atoms with Gasteiger partial charge in [-0.1, -0.05) is 18.2 Å². The lowest BCUT2D eigenvalue weighted by molar-refractivity contribution is -0.137. The fourth-order valence-corrected chi connectivity index (χ4v) is 2.67. The number of amides is 1. The zero-order chi connectivity index (χ0) is 18.2. The molecule has 25 heavy (non-hydrogen) atoms. The molecule has 1 aromatic carbocycles. The Hall–Kier alpha value is -2.57. The van der Waals surface area contributed by atoms with Crippen LogP contribution in [0.3, 0.4) is 0 Å². The first-order valence-electron chi connectivity index (χ1n) is 7.90. The van der Waals surface area contributed by atoms with E-state index < -0.39 is 11.7 Å². The molecule has 1 fully saturated rings. The summed E-state index contributed by atoms with van der Waals surface area (Å²) in [5, 5.41) is 0. The van der Waals surface area contributed by atoms with Crippen molar-refractivity contribution in [1.82, 2.24) is 9.47 Å². The van der Waals surface area contributed by atoms with Gasteiger partial charge < -0.3 is 9.47 Å². The number of pyridine rings is 1. The average Bonchev–Trinajstić information content (AvgIpc) is 3.39. The summed E-state index contributed by atoms with van der Waals surface area (Å²) >= 11 is 0. The summed E-state index contributed by atoms with van der Waals surface area (Å²) in [6.45, 7) is 0.213. The van der Waals surface area contributed by atoms with Crippen molar-refractivity contribution in [3.8, 4) is 0 Å². The van der Waals surface area contributed by atoms with Gasteiger partial charge in [-0.25, -0.2) is 0 Å². The molecule has 7 heteroatoms. The van der Waals surface area contributed by atoms with Gasteiger partial charge in [-0.3, -0.25) is 9.59 Å². The summed E-state index contributed by atoms with van der Waals surface area (Å²) < 4.78 is 39.2. The lowest BCUT2D eigenvalue weighted by Crippen LogP contribution is -2.36. The van der Waals surface area contributed by atoms with Gasteiger partial charge in [0, 0.05) is 25.7 Å². The highest BCUT2D eigenvalue weighted by Gasteiger charge is 2.34. The topological polar surface area (TPSA) is 42.3 Å². The number of hydrogen-bond acceptors (Lipinski definition) is 2. The van der Waals surface area contributed by atoms with Crippen LogP contribution in [-0.2, 0) is 19.8 Å². The Balaban J connectivity index is 1.84. The van der Waals surface area contributed by atoms with Crippen molar-refractivity contribution in [3.05, 3.63) is 69.6 Å². The van der Waals surface area contributed by atoms with Crippen LogP contribution in [0.2, 0.25) is 0 Å². The van der Waals surface area contributed by atoms with Gasteiger partial charge in [0.05, 0.1) is 5.56 Å². The van der Waals surface area contributed by atoms with E-state index in [9.17, 15) is 22.8 Å². The Labute approximate surface area is 142 Å². The summed E-state index contributed by atoms with van der Waals surface area (Å²) in [7, 11) is 1.53. The Morgan fingerprint density at radius 2 is 1.80 bits per heavy atom. The average molecular weight is 350 g/mol. The highest BCUT2D eigenvalue weighted by molar-refractivity contribution is 5.93. The number of aromatic nitrogens is 1. The molecule has 1 aliphatic carbocycles. The first kappa shape index (κ1) is 17.3. The van der Waals surface area contributed by atoms with Crippen molar-refractivity contribution in [2.75, 3.05) is 0 Å². The number of rotatable bonds is 4. The van der Waals surface area contributed by atoms with E-state index in [2.05, 4.69) is 0 Å². The van der Waals surface area contributed by atoms with Crippen LogP contribution in [-0.4, -0.2) is 21.4 Å². The summed E-state index contributed by atoms with van der Waals surface area (Å²) in [6, 6.07) is 9.33. The van der Waals surface area contributed by atoms with E-state index >= 15 is 0 Å². The van der Waals surface area contributed by atoms with Gasteiger partial charge in [-0.15, -0.1) is 0 Å². The summed E-state index contributed by atoms with van der Waals surface area (Å²) in [5.74, 6) is -0.289. The standard InChI is InChI=1S/C18H17F3N2O2/c1-22-15(3-2-4-16(22)24)17(25)23(14-9-10-14)11-12-5-7-13(8-6-12)18(19,20)21/h2-8,14H,9-11H2,1H3. The molecular formula is C18H17F3N2O2. The third-order valence-corrected chi connectivity index (χ3v) is 4.29. The molecule has 0 bridgehead atoms. The SMILES string of the molecule is Cn1c(C(=O)N(Cc2ccc(C(F)(F)F)cc2)C2CC2)cccc1=O. The maximum absolute atomic E-state index is 12.8.